The molecule has 178 valence electrons. The fourth-order valence-electron chi connectivity index (χ4n) is 3.19. The molecule has 1 saturated heterocycles. The number of amidine groups is 1. The van der Waals surface area contributed by atoms with Crippen LogP contribution in [-0.4, -0.2) is 40.3 Å². The van der Waals surface area contributed by atoms with Gasteiger partial charge in [0.25, 0.3) is 5.91 Å². The summed E-state index contributed by atoms with van der Waals surface area (Å²) in [6.07, 6.45) is -0.124. The van der Waals surface area contributed by atoms with E-state index in [2.05, 4.69) is 15.7 Å². The first-order valence-electron chi connectivity index (χ1n) is 10.6. The lowest BCUT2D eigenvalue weighted by molar-refractivity contribution is -0.130. The fourth-order valence-corrected chi connectivity index (χ4v) is 4.37. The molecule has 8 nitrogen and oxygen atoms in total. The maximum Gasteiger partial charge on any atom is 0.270 e. The zero-order valence-electron chi connectivity index (χ0n) is 18.6. The Hall–Kier alpha value is -3.82. The van der Waals surface area contributed by atoms with Crippen LogP contribution in [0.1, 0.15) is 16.8 Å². The molecule has 0 unspecified atom stereocenters. The van der Waals surface area contributed by atoms with E-state index in [9.17, 15) is 14.4 Å². The number of aliphatic imine (C=N–C) groups is 1. The van der Waals surface area contributed by atoms with Crippen LogP contribution in [0.5, 0.6) is 5.75 Å². The van der Waals surface area contributed by atoms with Gasteiger partial charge in [-0.25, -0.2) is 4.99 Å². The summed E-state index contributed by atoms with van der Waals surface area (Å²) in [6.45, 7) is 0. The number of hydrogen-bond acceptors (Lipinski definition) is 6. The summed E-state index contributed by atoms with van der Waals surface area (Å²) in [4.78, 5) is 43.3. The number of benzene rings is 3. The largest absolute Gasteiger partial charge is 0.497 e. The Morgan fingerprint density at radius 1 is 1.03 bits per heavy atom. The van der Waals surface area contributed by atoms with E-state index in [0.29, 0.717) is 27.7 Å². The summed E-state index contributed by atoms with van der Waals surface area (Å²) in [5.41, 5.74) is 4.08. The van der Waals surface area contributed by atoms with Crippen molar-refractivity contribution in [3.63, 3.8) is 0 Å². The minimum absolute atomic E-state index is 0.124. The molecule has 2 N–H and O–H groups in total. The van der Waals surface area contributed by atoms with Gasteiger partial charge in [-0.05, 0) is 60.7 Å². The smallest absolute Gasteiger partial charge is 0.270 e. The van der Waals surface area contributed by atoms with Gasteiger partial charge in [-0.3, -0.25) is 19.8 Å². The molecule has 3 aromatic carbocycles. The van der Waals surface area contributed by atoms with E-state index in [-0.39, 0.29) is 17.5 Å². The van der Waals surface area contributed by atoms with Gasteiger partial charge >= 0.3 is 0 Å². The second-order valence-corrected chi connectivity index (χ2v) is 9.04. The first-order chi connectivity index (χ1) is 16.9. The fraction of sp³-hybridized carbons (Fsp3) is 0.120. The average Bonchev–Trinajstić information content (AvgIpc) is 2.88. The summed E-state index contributed by atoms with van der Waals surface area (Å²) in [5.74, 6) is -0.626. The van der Waals surface area contributed by atoms with Crippen LogP contribution in [0.4, 0.5) is 11.4 Å². The quantitative estimate of drug-likeness (QED) is 0.504. The number of ether oxygens (including phenoxy) is 1. The number of carbonyl (C=O) groups excluding carboxylic acids is 3. The molecule has 1 aliphatic heterocycles. The predicted molar refractivity (Wildman–Crippen MR) is 137 cm³/mol. The lowest BCUT2D eigenvalue weighted by atomic mass is 10.2. The van der Waals surface area contributed by atoms with E-state index >= 15 is 0 Å². The zero-order valence-corrected chi connectivity index (χ0v) is 20.2. The maximum absolute atomic E-state index is 13.1. The number of thioether (sulfide) groups is 1. The van der Waals surface area contributed by atoms with Crippen molar-refractivity contribution < 1.29 is 19.1 Å². The maximum atomic E-state index is 13.1. The highest BCUT2D eigenvalue weighted by Crippen LogP contribution is 2.30. The SMILES string of the molecule is COc1ccc(NC(=O)[C@@H]2CC(=O)N(NC(=O)c3ccccc3)C(=Nc3ccc(Cl)cc3)S2)cc1. The van der Waals surface area contributed by atoms with Crippen molar-refractivity contribution in [3.8, 4) is 5.75 Å². The Balaban J connectivity index is 1.57. The van der Waals surface area contributed by atoms with E-state index in [1.807, 2.05) is 0 Å². The minimum Gasteiger partial charge on any atom is -0.497 e. The van der Waals surface area contributed by atoms with E-state index in [1.54, 1.807) is 86.0 Å². The first kappa shape index (κ1) is 24.3. The second kappa shape index (κ2) is 11.1. The highest BCUT2D eigenvalue weighted by Gasteiger charge is 2.37. The summed E-state index contributed by atoms with van der Waals surface area (Å²) in [5, 5.41) is 3.85. The number of nitrogens with zero attached hydrogens (tertiary/aromatic N) is 2. The highest BCUT2D eigenvalue weighted by molar-refractivity contribution is 8.15. The number of carbonyl (C=O) groups is 3. The Morgan fingerprint density at radius 3 is 2.37 bits per heavy atom. The predicted octanol–water partition coefficient (Wildman–Crippen LogP) is 4.65. The molecule has 0 bridgehead atoms. The van der Waals surface area contributed by atoms with Gasteiger partial charge in [0.1, 0.15) is 11.0 Å². The molecule has 0 radical (unpaired) electrons. The van der Waals surface area contributed by atoms with Gasteiger partial charge in [-0.15, -0.1) is 0 Å². The third-order valence-electron chi connectivity index (χ3n) is 5.00. The van der Waals surface area contributed by atoms with E-state index in [4.69, 9.17) is 16.3 Å². The molecular weight excluding hydrogens is 488 g/mol. The molecule has 3 amide bonds. The number of methoxy groups -OCH3 is 1. The average molecular weight is 509 g/mol. The van der Waals surface area contributed by atoms with Crippen molar-refractivity contribution in [1.82, 2.24) is 10.4 Å². The van der Waals surface area contributed by atoms with Crippen LogP contribution >= 0.6 is 23.4 Å². The van der Waals surface area contributed by atoms with Crippen molar-refractivity contribution in [2.45, 2.75) is 11.7 Å². The van der Waals surface area contributed by atoms with Gasteiger partial charge in [0.2, 0.25) is 11.8 Å². The molecule has 0 aliphatic carbocycles. The molecule has 0 saturated carbocycles. The highest BCUT2D eigenvalue weighted by atomic mass is 35.5. The lowest BCUT2D eigenvalue weighted by Gasteiger charge is -2.31. The lowest BCUT2D eigenvalue weighted by Crippen LogP contribution is -2.53. The number of hydrogen-bond donors (Lipinski definition) is 2. The Bertz CT molecular complexity index is 1250. The van der Waals surface area contributed by atoms with Crippen LogP contribution in [0.15, 0.2) is 83.9 Å². The van der Waals surface area contributed by atoms with E-state index in [0.717, 1.165) is 16.8 Å². The van der Waals surface area contributed by atoms with E-state index in [1.165, 1.54) is 0 Å². The number of rotatable bonds is 6. The second-order valence-electron chi connectivity index (χ2n) is 7.44. The molecule has 1 fully saturated rings. The topological polar surface area (TPSA) is 100 Å². The molecular formula is C25H21ClN4O4S. The first-order valence-corrected chi connectivity index (χ1v) is 11.8. The van der Waals surface area contributed by atoms with Gasteiger partial charge in [0.05, 0.1) is 19.2 Å². The van der Waals surface area contributed by atoms with Crippen molar-refractivity contribution in [2.24, 2.45) is 4.99 Å². The van der Waals surface area contributed by atoms with Gasteiger partial charge in [-0.1, -0.05) is 41.6 Å². The zero-order chi connectivity index (χ0) is 24.8. The number of amides is 3. The Kier molecular flexibility index (Phi) is 7.69. The van der Waals surface area contributed by atoms with Gasteiger partial charge in [0.15, 0.2) is 5.17 Å². The third kappa shape index (κ3) is 6.20. The molecule has 0 aromatic heterocycles. The van der Waals surface area contributed by atoms with Crippen LogP contribution in [0.2, 0.25) is 5.02 Å². The van der Waals surface area contributed by atoms with Crippen LogP contribution in [0.25, 0.3) is 0 Å². The number of anilines is 1. The Labute approximate surface area is 211 Å². The third-order valence-corrected chi connectivity index (χ3v) is 6.40. The summed E-state index contributed by atoms with van der Waals surface area (Å²) < 4.78 is 5.13. The minimum atomic E-state index is -0.750. The molecule has 1 heterocycles. The molecule has 35 heavy (non-hydrogen) atoms. The number of halogens is 1. The van der Waals surface area contributed by atoms with Crippen LogP contribution in [0.3, 0.4) is 0 Å². The van der Waals surface area contributed by atoms with Crippen LogP contribution in [-0.2, 0) is 9.59 Å². The van der Waals surface area contributed by atoms with Crippen LogP contribution in [0, 0.1) is 0 Å². The number of nitrogens with one attached hydrogen (secondary N) is 2. The molecule has 1 aliphatic rings. The van der Waals surface area contributed by atoms with Crippen LogP contribution < -0.4 is 15.5 Å². The molecule has 0 spiro atoms. The molecule has 10 heteroatoms. The van der Waals surface area contributed by atoms with Gasteiger partial charge in [-0.2, -0.15) is 5.01 Å². The van der Waals surface area contributed by atoms with Gasteiger partial charge < -0.3 is 10.1 Å². The van der Waals surface area contributed by atoms with Crippen molar-refractivity contribution in [2.75, 3.05) is 12.4 Å². The Morgan fingerprint density at radius 2 is 1.71 bits per heavy atom. The summed E-state index contributed by atoms with van der Waals surface area (Å²) in [6, 6.07) is 22.1. The van der Waals surface area contributed by atoms with Crippen molar-refractivity contribution >= 4 is 57.6 Å². The van der Waals surface area contributed by atoms with Gasteiger partial charge in [0, 0.05) is 16.3 Å². The monoisotopic (exact) mass is 508 g/mol. The molecule has 1 atom stereocenters. The molecule has 4 rings (SSSR count). The number of hydrazine groups is 1. The summed E-state index contributed by atoms with van der Waals surface area (Å²) in [7, 11) is 1.56. The standard InChI is InChI=1S/C25H21ClN4O4S/c1-34-20-13-11-18(12-14-20)27-24(33)21-15-22(31)30(29-23(32)16-5-3-2-4-6-16)25(35-21)28-19-9-7-17(26)8-10-19/h2-14,21H,15H2,1H3,(H,27,33)(H,29,32)/t21-/m0/s1. The normalized spacial score (nSPS) is 16.6. The summed E-state index contributed by atoms with van der Waals surface area (Å²) >= 11 is 7.05. The van der Waals surface area contributed by atoms with Crippen molar-refractivity contribution in [1.29, 1.82) is 0 Å². The molecule has 3 aromatic rings. The van der Waals surface area contributed by atoms with E-state index < -0.39 is 17.1 Å². The van der Waals surface area contributed by atoms with Crippen molar-refractivity contribution in [3.05, 3.63) is 89.4 Å².